The van der Waals surface area contributed by atoms with Gasteiger partial charge in [0.1, 0.15) is 12.1 Å². The Balaban J connectivity index is 1.56. The molecule has 1 aliphatic carbocycles. The summed E-state index contributed by atoms with van der Waals surface area (Å²) in [7, 11) is 0. The number of aromatic nitrogens is 4. The number of hydrogen-bond donors (Lipinski definition) is 1. The molecular formula is C14H18N6O. The second-order valence-corrected chi connectivity index (χ2v) is 5.94. The highest BCUT2D eigenvalue weighted by molar-refractivity contribution is 5.80. The average Bonchev–Trinajstić information content (AvgIpc) is 2.97. The minimum atomic E-state index is 0.0673. The van der Waals surface area contributed by atoms with Gasteiger partial charge in [-0.15, -0.1) is 0 Å². The summed E-state index contributed by atoms with van der Waals surface area (Å²) in [4.78, 5) is 22.9. The third-order valence-electron chi connectivity index (χ3n) is 4.17. The molecule has 1 saturated heterocycles. The Hall–Kier alpha value is -2.18. The van der Waals surface area contributed by atoms with Crippen molar-refractivity contribution in [1.82, 2.24) is 24.9 Å². The summed E-state index contributed by atoms with van der Waals surface area (Å²) < 4.78 is 1.74. The van der Waals surface area contributed by atoms with E-state index < -0.39 is 0 Å². The molecule has 3 heterocycles. The van der Waals surface area contributed by atoms with Crippen molar-refractivity contribution in [2.75, 3.05) is 18.0 Å². The summed E-state index contributed by atoms with van der Waals surface area (Å²) >= 11 is 0. The molecule has 1 atom stereocenters. The molecule has 2 aliphatic rings. The summed E-state index contributed by atoms with van der Waals surface area (Å²) in [5, 5.41) is 7.33. The molecule has 4 rings (SSSR count). The van der Waals surface area contributed by atoms with Gasteiger partial charge in [-0.05, 0) is 26.2 Å². The summed E-state index contributed by atoms with van der Waals surface area (Å²) in [5.74, 6) is 1.84. The molecular weight excluding hydrogens is 268 g/mol. The van der Waals surface area contributed by atoms with Crippen LogP contribution in [0.3, 0.4) is 0 Å². The van der Waals surface area contributed by atoms with Crippen molar-refractivity contribution in [2.45, 2.75) is 32.2 Å². The van der Waals surface area contributed by atoms with Gasteiger partial charge in [0.15, 0.2) is 0 Å². The first-order valence-electron chi connectivity index (χ1n) is 7.43. The molecule has 7 nitrogen and oxygen atoms in total. The molecule has 1 amide bonds. The van der Waals surface area contributed by atoms with Gasteiger partial charge in [-0.1, -0.05) is 0 Å². The molecule has 0 radical (unpaired) electrons. The number of nitrogens with zero attached hydrogens (tertiary/aromatic N) is 5. The molecule has 0 aromatic carbocycles. The van der Waals surface area contributed by atoms with E-state index in [1.54, 1.807) is 4.52 Å². The van der Waals surface area contributed by atoms with Crippen molar-refractivity contribution in [1.29, 1.82) is 0 Å². The number of aryl methyl sites for hydroxylation is 1. The smallest absolute Gasteiger partial charge is 0.254 e. The van der Waals surface area contributed by atoms with Crippen LogP contribution in [0.15, 0.2) is 12.4 Å². The molecule has 2 aromatic heterocycles. The fourth-order valence-corrected chi connectivity index (χ4v) is 2.87. The van der Waals surface area contributed by atoms with E-state index in [1.807, 2.05) is 13.0 Å². The van der Waals surface area contributed by atoms with Crippen molar-refractivity contribution in [2.24, 2.45) is 5.92 Å². The fraction of sp³-hybridized carbons (Fsp3) is 0.571. The normalized spacial score (nSPS) is 22.0. The van der Waals surface area contributed by atoms with Crippen molar-refractivity contribution in [3.63, 3.8) is 0 Å². The first-order chi connectivity index (χ1) is 10.2. The Bertz CT molecular complexity index is 692. The van der Waals surface area contributed by atoms with Crippen LogP contribution in [0.5, 0.6) is 0 Å². The Morgan fingerprint density at radius 2 is 2.24 bits per heavy atom. The van der Waals surface area contributed by atoms with E-state index in [4.69, 9.17) is 0 Å². The molecule has 0 spiro atoms. The second-order valence-electron chi connectivity index (χ2n) is 5.94. The molecule has 1 aliphatic heterocycles. The third kappa shape index (κ3) is 2.32. The van der Waals surface area contributed by atoms with E-state index in [0.717, 1.165) is 43.9 Å². The zero-order chi connectivity index (χ0) is 14.4. The molecule has 110 valence electrons. The van der Waals surface area contributed by atoms with Gasteiger partial charge >= 0.3 is 0 Å². The van der Waals surface area contributed by atoms with Crippen LogP contribution in [-0.2, 0) is 4.79 Å². The number of fused-ring (bicyclic) bond motifs is 1. The van der Waals surface area contributed by atoms with Crippen molar-refractivity contribution in [3.05, 3.63) is 18.1 Å². The fourth-order valence-electron chi connectivity index (χ4n) is 2.87. The summed E-state index contributed by atoms with van der Waals surface area (Å²) in [6.45, 7) is 3.55. The monoisotopic (exact) mass is 286 g/mol. The maximum atomic E-state index is 12.2. The third-order valence-corrected chi connectivity index (χ3v) is 4.17. The summed E-state index contributed by atoms with van der Waals surface area (Å²) in [6, 6.07) is 2.43. The lowest BCUT2D eigenvalue weighted by Crippen LogP contribution is -2.34. The second kappa shape index (κ2) is 4.68. The van der Waals surface area contributed by atoms with E-state index in [9.17, 15) is 4.79 Å². The van der Waals surface area contributed by atoms with Crippen LogP contribution in [0.25, 0.3) is 5.78 Å². The lowest BCUT2D eigenvalue weighted by atomic mass is 10.1. The molecule has 1 unspecified atom stereocenters. The minimum absolute atomic E-state index is 0.0673. The maximum Gasteiger partial charge on any atom is 0.254 e. The first-order valence-corrected chi connectivity index (χ1v) is 7.43. The summed E-state index contributed by atoms with van der Waals surface area (Å²) in [6.07, 6.45) is 4.66. The number of amides is 1. The number of anilines is 1. The van der Waals surface area contributed by atoms with E-state index in [0.29, 0.717) is 11.8 Å². The van der Waals surface area contributed by atoms with Gasteiger partial charge in [-0.25, -0.2) is 4.98 Å². The van der Waals surface area contributed by atoms with E-state index >= 15 is 0 Å². The largest absolute Gasteiger partial charge is 0.356 e. The van der Waals surface area contributed by atoms with Crippen LogP contribution in [0.4, 0.5) is 5.82 Å². The number of rotatable bonds is 3. The number of carbonyl (C=O) groups is 1. The Labute approximate surface area is 122 Å². The van der Waals surface area contributed by atoms with Gasteiger partial charge in [-0.3, -0.25) is 4.79 Å². The highest BCUT2D eigenvalue weighted by atomic mass is 16.2. The van der Waals surface area contributed by atoms with Crippen molar-refractivity contribution >= 4 is 17.5 Å². The lowest BCUT2D eigenvalue weighted by molar-refractivity contribution is -0.124. The highest BCUT2D eigenvalue weighted by Crippen LogP contribution is 2.26. The average molecular weight is 286 g/mol. The van der Waals surface area contributed by atoms with Crippen LogP contribution in [0.2, 0.25) is 0 Å². The van der Waals surface area contributed by atoms with Crippen LogP contribution >= 0.6 is 0 Å². The minimum Gasteiger partial charge on any atom is -0.356 e. The maximum absolute atomic E-state index is 12.2. The first kappa shape index (κ1) is 12.6. The number of hydrogen-bond acceptors (Lipinski definition) is 5. The molecule has 7 heteroatoms. The molecule has 2 aromatic rings. The van der Waals surface area contributed by atoms with Gasteiger partial charge in [0, 0.05) is 30.9 Å². The van der Waals surface area contributed by atoms with E-state index in [-0.39, 0.29) is 11.8 Å². The topological polar surface area (TPSA) is 75.4 Å². The predicted molar refractivity (Wildman–Crippen MR) is 77.0 cm³/mol. The van der Waals surface area contributed by atoms with Gasteiger partial charge in [0.25, 0.3) is 5.78 Å². The molecule has 2 fully saturated rings. The number of carbonyl (C=O) groups excluding carboxylic acids is 1. The van der Waals surface area contributed by atoms with Gasteiger partial charge in [-0.2, -0.15) is 14.6 Å². The van der Waals surface area contributed by atoms with Crippen LogP contribution < -0.4 is 10.2 Å². The van der Waals surface area contributed by atoms with E-state index in [1.165, 1.54) is 6.33 Å². The zero-order valence-electron chi connectivity index (χ0n) is 12.0. The van der Waals surface area contributed by atoms with E-state index in [2.05, 4.69) is 25.3 Å². The molecule has 21 heavy (non-hydrogen) atoms. The number of nitrogens with one attached hydrogen (secondary N) is 1. The van der Waals surface area contributed by atoms with Crippen LogP contribution in [-0.4, -0.2) is 44.6 Å². The predicted octanol–water partition coefficient (Wildman–Crippen LogP) is 0.538. The Morgan fingerprint density at radius 3 is 3.05 bits per heavy atom. The Kier molecular flexibility index (Phi) is 2.80. The Morgan fingerprint density at radius 1 is 1.38 bits per heavy atom. The quantitative estimate of drug-likeness (QED) is 0.891. The zero-order valence-corrected chi connectivity index (χ0v) is 12.0. The van der Waals surface area contributed by atoms with Gasteiger partial charge in [0.05, 0.1) is 5.92 Å². The molecule has 1 saturated carbocycles. The van der Waals surface area contributed by atoms with Gasteiger partial charge in [0.2, 0.25) is 5.91 Å². The lowest BCUT2D eigenvalue weighted by Gasteiger charge is -2.19. The SMILES string of the molecule is Cc1cc(N2CCC(C(=O)NC3CC3)C2)n2ncnc2n1. The molecule has 1 N–H and O–H groups in total. The van der Waals surface area contributed by atoms with Crippen molar-refractivity contribution < 1.29 is 4.79 Å². The highest BCUT2D eigenvalue weighted by Gasteiger charge is 2.33. The van der Waals surface area contributed by atoms with Crippen LogP contribution in [0, 0.1) is 12.8 Å². The van der Waals surface area contributed by atoms with Gasteiger partial charge < -0.3 is 10.2 Å². The summed E-state index contributed by atoms with van der Waals surface area (Å²) in [5.41, 5.74) is 0.913. The van der Waals surface area contributed by atoms with Crippen LogP contribution in [0.1, 0.15) is 25.0 Å². The molecule has 0 bridgehead atoms. The standard InChI is InChI=1S/C14H18N6O/c1-9-6-12(20-14(17-9)15-8-16-20)19-5-4-10(7-19)13(21)18-11-2-3-11/h6,8,10-11H,2-5,7H2,1H3,(H,18,21). The van der Waals surface area contributed by atoms with Crippen molar-refractivity contribution in [3.8, 4) is 0 Å².